The molecule has 0 saturated heterocycles. The van der Waals surface area contributed by atoms with E-state index in [-0.39, 0.29) is 6.04 Å². The summed E-state index contributed by atoms with van der Waals surface area (Å²) in [7, 11) is 0. The average Bonchev–Trinajstić information content (AvgIpc) is 2.69. The van der Waals surface area contributed by atoms with Crippen molar-refractivity contribution in [3.63, 3.8) is 0 Å². The number of hydrogen-bond donors (Lipinski definition) is 2. The summed E-state index contributed by atoms with van der Waals surface area (Å²) in [6.45, 7) is 4.17. The van der Waals surface area contributed by atoms with Crippen molar-refractivity contribution < 1.29 is 0 Å². The van der Waals surface area contributed by atoms with Crippen LogP contribution in [0.5, 0.6) is 0 Å². The SMILES string of the molecule is Cc1ccncc1C(NN)c1sccc1C. The molecule has 0 aromatic carbocycles. The maximum Gasteiger partial charge on any atom is 0.0822 e. The van der Waals surface area contributed by atoms with E-state index in [1.807, 2.05) is 12.3 Å². The third kappa shape index (κ3) is 2.00. The van der Waals surface area contributed by atoms with E-state index >= 15 is 0 Å². The number of aryl methyl sites for hydroxylation is 2. The van der Waals surface area contributed by atoms with Crippen LogP contribution in [0.25, 0.3) is 0 Å². The van der Waals surface area contributed by atoms with Gasteiger partial charge in [-0.2, -0.15) is 0 Å². The van der Waals surface area contributed by atoms with Gasteiger partial charge in [-0.3, -0.25) is 10.8 Å². The summed E-state index contributed by atoms with van der Waals surface area (Å²) >= 11 is 1.72. The molecular weight excluding hydrogens is 218 g/mol. The highest BCUT2D eigenvalue weighted by Gasteiger charge is 2.17. The van der Waals surface area contributed by atoms with Gasteiger partial charge in [0, 0.05) is 17.3 Å². The minimum atomic E-state index is 0.0358. The standard InChI is InChI=1S/C12H15N3S/c1-8-3-5-14-7-10(8)11(15-13)12-9(2)4-6-16-12/h3-7,11,15H,13H2,1-2H3. The first kappa shape index (κ1) is 11.3. The fourth-order valence-corrected chi connectivity index (χ4v) is 2.77. The van der Waals surface area contributed by atoms with Crippen LogP contribution in [0.2, 0.25) is 0 Å². The van der Waals surface area contributed by atoms with E-state index in [9.17, 15) is 0 Å². The lowest BCUT2D eigenvalue weighted by Crippen LogP contribution is -2.29. The minimum absolute atomic E-state index is 0.0358. The van der Waals surface area contributed by atoms with Gasteiger partial charge in [-0.15, -0.1) is 11.3 Å². The fraction of sp³-hybridized carbons (Fsp3) is 0.250. The van der Waals surface area contributed by atoms with Crippen LogP contribution in [0.4, 0.5) is 0 Å². The number of nitrogens with one attached hydrogen (secondary N) is 1. The zero-order chi connectivity index (χ0) is 11.5. The third-order valence-electron chi connectivity index (χ3n) is 2.72. The highest BCUT2D eigenvalue weighted by Crippen LogP contribution is 2.29. The number of hydrogen-bond acceptors (Lipinski definition) is 4. The molecule has 3 N–H and O–H groups in total. The first-order valence-corrected chi connectivity index (χ1v) is 6.02. The lowest BCUT2D eigenvalue weighted by molar-refractivity contribution is 0.638. The van der Waals surface area contributed by atoms with Gasteiger partial charge >= 0.3 is 0 Å². The summed E-state index contributed by atoms with van der Waals surface area (Å²) in [5.74, 6) is 5.66. The largest absolute Gasteiger partial charge is 0.271 e. The van der Waals surface area contributed by atoms with Crippen molar-refractivity contribution in [2.75, 3.05) is 0 Å². The molecule has 84 valence electrons. The first-order chi connectivity index (χ1) is 7.74. The highest BCUT2D eigenvalue weighted by atomic mass is 32.1. The highest BCUT2D eigenvalue weighted by molar-refractivity contribution is 7.10. The summed E-state index contributed by atoms with van der Waals surface area (Å²) < 4.78 is 0. The van der Waals surface area contributed by atoms with Crippen LogP contribution < -0.4 is 11.3 Å². The molecule has 0 radical (unpaired) electrons. The zero-order valence-corrected chi connectivity index (χ0v) is 10.2. The van der Waals surface area contributed by atoms with Gasteiger partial charge in [-0.25, -0.2) is 5.43 Å². The van der Waals surface area contributed by atoms with Crippen molar-refractivity contribution in [1.82, 2.24) is 10.4 Å². The smallest absolute Gasteiger partial charge is 0.0822 e. The molecule has 4 heteroatoms. The fourth-order valence-electron chi connectivity index (χ4n) is 1.77. The van der Waals surface area contributed by atoms with E-state index in [4.69, 9.17) is 5.84 Å². The molecule has 2 aromatic heterocycles. The number of hydrazine groups is 1. The second-order valence-electron chi connectivity index (χ2n) is 3.80. The van der Waals surface area contributed by atoms with Crippen LogP contribution in [0.15, 0.2) is 29.9 Å². The van der Waals surface area contributed by atoms with E-state index in [2.05, 4.69) is 35.7 Å². The van der Waals surface area contributed by atoms with E-state index < -0.39 is 0 Å². The Bertz CT molecular complexity index is 479. The maximum atomic E-state index is 5.66. The van der Waals surface area contributed by atoms with E-state index in [0.717, 1.165) is 5.56 Å². The van der Waals surface area contributed by atoms with E-state index in [1.54, 1.807) is 17.5 Å². The van der Waals surface area contributed by atoms with Crippen molar-refractivity contribution in [2.24, 2.45) is 5.84 Å². The summed E-state index contributed by atoms with van der Waals surface area (Å²) in [5, 5.41) is 2.08. The Morgan fingerprint density at radius 3 is 2.69 bits per heavy atom. The molecular formula is C12H15N3S. The first-order valence-electron chi connectivity index (χ1n) is 5.14. The number of thiophene rings is 1. The van der Waals surface area contributed by atoms with Crippen molar-refractivity contribution in [3.05, 3.63) is 51.5 Å². The van der Waals surface area contributed by atoms with Gasteiger partial charge in [-0.05, 0) is 48.1 Å². The summed E-state index contributed by atoms with van der Waals surface area (Å²) in [4.78, 5) is 5.41. The third-order valence-corrected chi connectivity index (χ3v) is 3.80. The Hall–Kier alpha value is -1.23. The number of nitrogens with two attached hydrogens (primary N) is 1. The Balaban J connectivity index is 2.45. The van der Waals surface area contributed by atoms with Gasteiger partial charge in [0.15, 0.2) is 0 Å². The molecule has 0 aliphatic rings. The van der Waals surface area contributed by atoms with Crippen LogP contribution >= 0.6 is 11.3 Å². The molecule has 3 nitrogen and oxygen atoms in total. The summed E-state index contributed by atoms with van der Waals surface area (Å²) in [6.07, 6.45) is 3.67. The number of rotatable bonds is 3. The predicted octanol–water partition coefficient (Wildman–Crippen LogP) is 2.31. The molecule has 2 aromatic rings. The molecule has 0 saturated carbocycles. The van der Waals surface area contributed by atoms with Crippen LogP contribution in [0.3, 0.4) is 0 Å². The molecule has 2 heterocycles. The zero-order valence-electron chi connectivity index (χ0n) is 9.40. The molecule has 0 spiro atoms. The van der Waals surface area contributed by atoms with E-state index in [1.165, 1.54) is 16.0 Å². The Morgan fingerprint density at radius 1 is 1.31 bits per heavy atom. The number of nitrogens with zero attached hydrogens (tertiary/aromatic N) is 1. The van der Waals surface area contributed by atoms with Crippen molar-refractivity contribution in [2.45, 2.75) is 19.9 Å². The molecule has 16 heavy (non-hydrogen) atoms. The second-order valence-corrected chi connectivity index (χ2v) is 4.75. The predicted molar refractivity (Wildman–Crippen MR) is 67.2 cm³/mol. The van der Waals surface area contributed by atoms with Gasteiger partial charge in [0.1, 0.15) is 0 Å². The van der Waals surface area contributed by atoms with Crippen LogP contribution in [0.1, 0.15) is 27.6 Å². The Morgan fingerprint density at radius 2 is 2.12 bits per heavy atom. The number of pyridine rings is 1. The molecule has 0 aliphatic carbocycles. The van der Waals surface area contributed by atoms with Crippen LogP contribution in [-0.4, -0.2) is 4.98 Å². The molecule has 1 unspecified atom stereocenters. The molecule has 0 bridgehead atoms. The van der Waals surface area contributed by atoms with Crippen molar-refractivity contribution in [1.29, 1.82) is 0 Å². The lowest BCUT2D eigenvalue weighted by Gasteiger charge is -2.17. The Labute approximate surface area is 99.3 Å². The summed E-state index contributed by atoms with van der Waals surface area (Å²) in [6, 6.07) is 4.15. The molecule has 0 amide bonds. The van der Waals surface area contributed by atoms with E-state index in [0.29, 0.717) is 0 Å². The second kappa shape index (κ2) is 4.74. The average molecular weight is 233 g/mol. The van der Waals surface area contributed by atoms with Gasteiger partial charge in [0.2, 0.25) is 0 Å². The topological polar surface area (TPSA) is 50.9 Å². The molecule has 0 fully saturated rings. The van der Waals surface area contributed by atoms with Crippen LogP contribution in [0, 0.1) is 13.8 Å². The monoisotopic (exact) mass is 233 g/mol. The Kier molecular flexibility index (Phi) is 3.33. The lowest BCUT2D eigenvalue weighted by atomic mass is 10.0. The molecule has 0 aliphatic heterocycles. The number of aromatic nitrogens is 1. The van der Waals surface area contributed by atoms with Gasteiger partial charge < -0.3 is 0 Å². The van der Waals surface area contributed by atoms with Crippen molar-refractivity contribution >= 4 is 11.3 Å². The van der Waals surface area contributed by atoms with Gasteiger partial charge in [-0.1, -0.05) is 0 Å². The molecule has 1 atom stereocenters. The normalized spacial score (nSPS) is 12.7. The van der Waals surface area contributed by atoms with Crippen LogP contribution in [-0.2, 0) is 0 Å². The molecule has 2 rings (SSSR count). The quantitative estimate of drug-likeness (QED) is 0.632. The minimum Gasteiger partial charge on any atom is -0.271 e. The van der Waals surface area contributed by atoms with Gasteiger partial charge in [0.05, 0.1) is 6.04 Å². The maximum absolute atomic E-state index is 5.66. The van der Waals surface area contributed by atoms with Gasteiger partial charge in [0.25, 0.3) is 0 Å². The summed E-state index contributed by atoms with van der Waals surface area (Å²) in [5.41, 5.74) is 6.47. The van der Waals surface area contributed by atoms with Crippen molar-refractivity contribution in [3.8, 4) is 0 Å².